The maximum Gasteiger partial charge on any atom is 0.229 e. The number of benzene rings is 1. The van der Waals surface area contributed by atoms with Gasteiger partial charge in [0, 0.05) is 18.3 Å². The van der Waals surface area contributed by atoms with Crippen molar-refractivity contribution in [3.05, 3.63) is 59.4 Å². The van der Waals surface area contributed by atoms with Gasteiger partial charge in [0.25, 0.3) is 0 Å². The fraction of sp³-hybridized carbons (Fsp3) is 0.368. The van der Waals surface area contributed by atoms with E-state index in [9.17, 15) is 4.79 Å². The van der Waals surface area contributed by atoms with Crippen LogP contribution in [0.5, 0.6) is 5.75 Å². The second-order valence-corrected chi connectivity index (χ2v) is 5.89. The van der Waals surface area contributed by atoms with Crippen LogP contribution < -0.4 is 10.1 Å². The van der Waals surface area contributed by atoms with Crippen LogP contribution in [0.2, 0.25) is 0 Å². The molecule has 1 unspecified atom stereocenters. The molecule has 1 atom stereocenters. The lowest BCUT2D eigenvalue weighted by atomic mass is 9.86. The number of fused-ring (bicyclic) bond motifs is 1. The minimum Gasteiger partial charge on any atom is -0.491 e. The molecule has 0 radical (unpaired) electrons. The summed E-state index contributed by atoms with van der Waals surface area (Å²) in [6.45, 7) is 0.606. The Morgan fingerprint density at radius 2 is 2.17 bits per heavy atom. The summed E-state index contributed by atoms with van der Waals surface area (Å²) in [6.07, 6.45) is 4.58. The number of aliphatic hydroxyl groups is 1. The van der Waals surface area contributed by atoms with Crippen LogP contribution in [-0.4, -0.2) is 29.2 Å². The number of carbonyl (C=O) groups excluding carboxylic acids is 1. The highest BCUT2D eigenvalue weighted by molar-refractivity contribution is 5.83. The lowest BCUT2D eigenvalue weighted by Crippen LogP contribution is -2.31. The van der Waals surface area contributed by atoms with Crippen LogP contribution in [0.1, 0.15) is 35.6 Å². The lowest BCUT2D eigenvalue weighted by Gasteiger charge is -2.23. The summed E-state index contributed by atoms with van der Waals surface area (Å²) in [6, 6.07) is 11.5. The summed E-state index contributed by atoms with van der Waals surface area (Å²) >= 11 is 0. The van der Waals surface area contributed by atoms with Gasteiger partial charge in [-0.25, -0.2) is 0 Å². The van der Waals surface area contributed by atoms with E-state index in [2.05, 4.69) is 16.4 Å². The van der Waals surface area contributed by atoms with Crippen LogP contribution in [0.15, 0.2) is 42.6 Å². The molecule has 1 aliphatic rings. The molecule has 0 aliphatic heterocycles. The average molecular weight is 326 g/mol. The fourth-order valence-electron chi connectivity index (χ4n) is 3.12. The van der Waals surface area contributed by atoms with Crippen LogP contribution >= 0.6 is 0 Å². The number of aryl methyl sites for hydroxylation is 1. The Hall–Kier alpha value is -2.40. The van der Waals surface area contributed by atoms with Gasteiger partial charge < -0.3 is 15.2 Å². The number of hydrogen-bond acceptors (Lipinski definition) is 4. The zero-order valence-corrected chi connectivity index (χ0v) is 13.6. The normalized spacial score (nSPS) is 16.3. The quantitative estimate of drug-likeness (QED) is 0.853. The number of pyridine rings is 1. The molecule has 1 amide bonds. The third kappa shape index (κ3) is 3.74. The highest BCUT2D eigenvalue weighted by Gasteiger charge is 2.27. The zero-order chi connectivity index (χ0) is 16.8. The summed E-state index contributed by atoms with van der Waals surface area (Å²) in [5.41, 5.74) is 2.98. The highest BCUT2D eigenvalue weighted by atomic mass is 16.5. The molecule has 0 saturated heterocycles. The lowest BCUT2D eigenvalue weighted by molar-refractivity contribution is -0.123. The molecular weight excluding hydrogens is 304 g/mol. The van der Waals surface area contributed by atoms with Gasteiger partial charge in [0.05, 0.1) is 18.2 Å². The molecule has 2 aromatic rings. The molecular formula is C19H22N2O3. The average Bonchev–Trinajstić information content (AvgIpc) is 2.64. The number of carbonyl (C=O) groups is 1. The van der Waals surface area contributed by atoms with E-state index < -0.39 is 0 Å². The molecule has 126 valence electrons. The van der Waals surface area contributed by atoms with E-state index in [1.165, 1.54) is 5.56 Å². The van der Waals surface area contributed by atoms with Crippen LogP contribution in [0.4, 0.5) is 0 Å². The van der Waals surface area contributed by atoms with Crippen molar-refractivity contribution < 1.29 is 14.6 Å². The van der Waals surface area contributed by atoms with E-state index in [1.807, 2.05) is 30.3 Å². The van der Waals surface area contributed by atoms with E-state index in [0.29, 0.717) is 12.3 Å². The molecule has 0 saturated carbocycles. The summed E-state index contributed by atoms with van der Waals surface area (Å²) in [4.78, 5) is 17.0. The van der Waals surface area contributed by atoms with Crippen molar-refractivity contribution in [1.29, 1.82) is 0 Å². The monoisotopic (exact) mass is 326 g/mol. The Bertz CT molecular complexity index is 703. The first-order valence-corrected chi connectivity index (χ1v) is 8.32. The van der Waals surface area contributed by atoms with Gasteiger partial charge in [0.2, 0.25) is 5.91 Å². The number of nitrogens with one attached hydrogen (secondary N) is 1. The van der Waals surface area contributed by atoms with E-state index >= 15 is 0 Å². The van der Waals surface area contributed by atoms with E-state index in [-0.39, 0.29) is 25.0 Å². The summed E-state index contributed by atoms with van der Waals surface area (Å²) in [5.74, 6) is 0.515. The van der Waals surface area contributed by atoms with Gasteiger partial charge in [0.1, 0.15) is 12.4 Å². The molecule has 0 bridgehead atoms. The topological polar surface area (TPSA) is 71.5 Å². The minimum absolute atomic E-state index is 0.00612. The number of amides is 1. The Morgan fingerprint density at radius 3 is 3.04 bits per heavy atom. The number of hydrogen-bond donors (Lipinski definition) is 2. The predicted molar refractivity (Wildman–Crippen MR) is 90.8 cm³/mol. The maximum absolute atomic E-state index is 12.6. The number of aliphatic hydroxyl groups excluding tert-OH is 1. The maximum atomic E-state index is 12.6. The van der Waals surface area contributed by atoms with Crippen molar-refractivity contribution >= 4 is 5.91 Å². The number of rotatable bonds is 6. The van der Waals surface area contributed by atoms with Crippen molar-refractivity contribution in [2.24, 2.45) is 0 Å². The first-order valence-electron chi connectivity index (χ1n) is 8.32. The van der Waals surface area contributed by atoms with Crippen LogP contribution in [-0.2, 0) is 17.8 Å². The second kappa shape index (κ2) is 7.93. The number of para-hydroxylation sites is 1. The van der Waals surface area contributed by atoms with Crippen molar-refractivity contribution in [2.75, 3.05) is 13.2 Å². The first kappa shape index (κ1) is 16.5. The Kier molecular flexibility index (Phi) is 5.43. The molecule has 1 heterocycles. The molecule has 1 aliphatic carbocycles. The number of aromatic nitrogens is 1. The van der Waals surface area contributed by atoms with Crippen molar-refractivity contribution in [3.8, 4) is 5.75 Å². The molecule has 0 fully saturated rings. The fourth-order valence-corrected chi connectivity index (χ4v) is 3.12. The van der Waals surface area contributed by atoms with E-state index in [4.69, 9.17) is 9.84 Å². The standard InChI is InChI=1S/C19H22N2O3/c22-11-12-24-17-9-2-1-5-15(17)13-21-19(23)16-8-3-6-14-7-4-10-20-18(14)16/h1-2,4-5,7,9-10,16,22H,3,6,8,11-13H2,(H,21,23). The van der Waals surface area contributed by atoms with Gasteiger partial charge in [-0.15, -0.1) is 0 Å². The number of nitrogens with zero attached hydrogens (tertiary/aromatic N) is 1. The van der Waals surface area contributed by atoms with Gasteiger partial charge in [-0.05, 0) is 37.0 Å². The molecule has 1 aromatic carbocycles. The molecule has 1 aromatic heterocycles. The van der Waals surface area contributed by atoms with Gasteiger partial charge in [-0.2, -0.15) is 0 Å². The van der Waals surface area contributed by atoms with Crippen LogP contribution in [0.3, 0.4) is 0 Å². The summed E-state index contributed by atoms with van der Waals surface area (Å²) in [7, 11) is 0. The van der Waals surface area contributed by atoms with Gasteiger partial charge in [0.15, 0.2) is 0 Å². The predicted octanol–water partition coefficient (Wildman–Crippen LogP) is 2.19. The van der Waals surface area contributed by atoms with Crippen LogP contribution in [0.25, 0.3) is 0 Å². The Morgan fingerprint density at radius 1 is 1.29 bits per heavy atom. The smallest absolute Gasteiger partial charge is 0.229 e. The summed E-state index contributed by atoms with van der Waals surface area (Å²) in [5, 5.41) is 11.9. The van der Waals surface area contributed by atoms with Gasteiger partial charge >= 0.3 is 0 Å². The van der Waals surface area contributed by atoms with Crippen molar-refractivity contribution in [2.45, 2.75) is 31.7 Å². The third-order valence-electron chi connectivity index (χ3n) is 4.29. The molecule has 24 heavy (non-hydrogen) atoms. The van der Waals surface area contributed by atoms with E-state index in [0.717, 1.165) is 30.5 Å². The Labute approximate surface area is 141 Å². The molecule has 2 N–H and O–H groups in total. The minimum atomic E-state index is -0.180. The SMILES string of the molecule is O=C(NCc1ccccc1OCCO)C1CCCc2cccnc21. The molecule has 0 spiro atoms. The summed E-state index contributed by atoms with van der Waals surface area (Å²) < 4.78 is 5.51. The highest BCUT2D eigenvalue weighted by Crippen LogP contribution is 2.30. The van der Waals surface area contributed by atoms with Gasteiger partial charge in [-0.3, -0.25) is 9.78 Å². The molecule has 3 rings (SSSR count). The van der Waals surface area contributed by atoms with E-state index in [1.54, 1.807) is 6.20 Å². The zero-order valence-electron chi connectivity index (χ0n) is 13.6. The third-order valence-corrected chi connectivity index (χ3v) is 4.29. The van der Waals surface area contributed by atoms with Crippen molar-refractivity contribution in [1.82, 2.24) is 10.3 Å². The molecule has 5 nitrogen and oxygen atoms in total. The largest absolute Gasteiger partial charge is 0.491 e. The second-order valence-electron chi connectivity index (χ2n) is 5.89. The Balaban J connectivity index is 1.67. The number of ether oxygens (including phenoxy) is 1. The van der Waals surface area contributed by atoms with Gasteiger partial charge in [-0.1, -0.05) is 24.3 Å². The van der Waals surface area contributed by atoms with Crippen LogP contribution in [0, 0.1) is 0 Å². The first-order chi connectivity index (χ1) is 11.8. The van der Waals surface area contributed by atoms with Crippen molar-refractivity contribution in [3.63, 3.8) is 0 Å². The molecule has 5 heteroatoms.